The number of phenols is 1. The van der Waals surface area contributed by atoms with Crippen LogP contribution in [0.25, 0.3) is 22.3 Å². The molecule has 0 amide bonds. The maximum atomic E-state index is 14.8. The van der Waals surface area contributed by atoms with E-state index in [2.05, 4.69) is 5.92 Å². The van der Waals surface area contributed by atoms with Crippen molar-refractivity contribution >= 4 is 46.4 Å². The minimum Gasteiger partial charge on any atom is -0.508 e. The summed E-state index contributed by atoms with van der Waals surface area (Å²) in [7, 11) is 0. The molecule has 0 atom stereocenters. The lowest BCUT2D eigenvalue weighted by atomic mass is 10.1. The molecule has 4 heterocycles. The number of hydrogen-bond acceptors (Lipinski definition) is 6. The predicted molar refractivity (Wildman–Crippen MR) is 216 cm³/mol. The molecule has 2 aliphatic rings. The molecule has 0 bridgehead atoms. The zero-order valence-corrected chi connectivity index (χ0v) is 32.9. The van der Waals surface area contributed by atoms with Gasteiger partial charge in [-0.05, 0) is 98.5 Å². The first kappa shape index (κ1) is 39.9. The third-order valence-corrected chi connectivity index (χ3v) is 10.7. The third kappa shape index (κ3) is 8.25. The van der Waals surface area contributed by atoms with E-state index in [1.807, 2.05) is 0 Å². The van der Waals surface area contributed by atoms with Crippen LogP contribution in [0, 0.1) is 24.0 Å². The van der Waals surface area contributed by atoms with E-state index in [4.69, 9.17) is 67.0 Å². The van der Waals surface area contributed by atoms with Crippen molar-refractivity contribution in [2.75, 3.05) is 6.61 Å². The third-order valence-electron chi connectivity index (χ3n) is 9.34. The molecule has 0 fully saturated rings. The Labute approximate surface area is 344 Å². The number of fused-ring (bicyclic) bond motifs is 2. The standard InChI is InChI=1S/C22H17Cl2FN2O3.C19H15Cl2FN2O3/c1-2-11-29-14-5-7-15(8-6-14)30-19-12-16(18(25)13-17(19)23)20-21(24)26-9-3-4-10-27(26)22(20)28;20-14-10-15(22)13(9-16(14)27-12-5-3-11(25)4-6-12)17-18(21)23-7-1-2-8-24(23)19(17)26/h1,5-8,12-13H,3-4,9-11H2;3-6,9-10,25H,1-2,7-8H2. The fourth-order valence-corrected chi connectivity index (χ4v) is 7.69. The Kier molecular flexibility index (Phi) is 11.9. The summed E-state index contributed by atoms with van der Waals surface area (Å²) < 4.78 is 52.7. The van der Waals surface area contributed by atoms with Gasteiger partial charge in [0.2, 0.25) is 0 Å². The molecule has 6 aromatic rings. The number of terminal acetylenes is 1. The van der Waals surface area contributed by atoms with Crippen LogP contribution in [0.1, 0.15) is 25.7 Å². The number of benzene rings is 4. The van der Waals surface area contributed by atoms with Gasteiger partial charge in [0.25, 0.3) is 11.1 Å². The van der Waals surface area contributed by atoms with Crippen LogP contribution in [-0.4, -0.2) is 30.4 Å². The number of aromatic hydroxyl groups is 1. The van der Waals surface area contributed by atoms with Crippen LogP contribution in [0.15, 0.2) is 82.4 Å². The molecule has 0 unspecified atom stereocenters. The largest absolute Gasteiger partial charge is 0.508 e. The summed E-state index contributed by atoms with van der Waals surface area (Å²) >= 11 is 25.1. The highest BCUT2D eigenvalue weighted by molar-refractivity contribution is 6.34. The lowest BCUT2D eigenvalue weighted by Crippen LogP contribution is -2.27. The lowest BCUT2D eigenvalue weighted by molar-refractivity contribution is 0.356. The summed E-state index contributed by atoms with van der Waals surface area (Å²) in [6.07, 6.45) is 8.74. The highest BCUT2D eigenvalue weighted by Gasteiger charge is 2.27. The zero-order chi connectivity index (χ0) is 40.4. The van der Waals surface area contributed by atoms with Crippen molar-refractivity contribution < 1.29 is 28.1 Å². The number of hydrogen-bond donors (Lipinski definition) is 1. The van der Waals surface area contributed by atoms with Gasteiger partial charge in [-0.3, -0.25) is 19.0 Å². The van der Waals surface area contributed by atoms with Gasteiger partial charge >= 0.3 is 0 Å². The molecule has 2 aliphatic heterocycles. The Balaban J connectivity index is 0.000000175. The number of phenolic OH excluding ortho intramolecular Hbond substituents is 1. The fraction of sp³-hybridized carbons (Fsp3) is 0.220. The number of nitrogens with zero attached hydrogens (tertiary/aromatic N) is 4. The van der Waals surface area contributed by atoms with Crippen molar-refractivity contribution in [1.29, 1.82) is 0 Å². The van der Waals surface area contributed by atoms with Crippen molar-refractivity contribution in [1.82, 2.24) is 18.7 Å². The predicted octanol–water partition coefficient (Wildman–Crippen LogP) is 10.4. The second-order valence-electron chi connectivity index (χ2n) is 13.0. The number of halogens is 6. The van der Waals surface area contributed by atoms with E-state index < -0.39 is 11.6 Å². The first-order valence-electron chi connectivity index (χ1n) is 17.7. The molecule has 57 heavy (non-hydrogen) atoms. The summed E-state index contributed by atoms with van der Waals surface area (Å²) in [5.41, 5.74) is -0.373. The van der Waals surface area contributed by atoms with E-state index in [-0.39, 0.29) is 77.6 Å². The van der Waals surface area contributed by atoms with Crippen molar-refractivity contribution in [2.24, 2.45) is 0 Å². The van der Waals surface area contributed by atoms with E-state index in [0.717, 1.165) is 37.8 Å². The molecule has 0 aliphatic carbocycles. The SMILES string of the molecule is C#CCOc1ccc(Oc2cc(-c3c(Cl)n4n(c3=O)CCCC4)c(F)cc2Cl)cc1.O=c1c(-c2cc(Oc3ccc(O)cc3)c(Cl)cc2F)c(Cl)n2n1CCCC2. The first-order chi connectivity index (χ1) is 27.4. The quantitative estimate of drug-likeness (QED) is 0.153. The van der Waals surface area contributed by atoms with E-state index in [0.29, 0.717) is 43.4 Å². The van der Waals surface area contributed by atoms with E-state index in [1.165, 1.54) is 28.9 Å². The molecule has 0 radical (unpaired) electrons. The van der Waals surface area contributed by atoms with Gasteiger partial charge in [-0.15, -0.1) is 6.42 Å². The Hall–Kier alpha value is -5.32. The minimum atomic E-state index is -0.652. The lowest BCUT2D eigenvalue weighted by Gasteiger charge is -2.17. The molecule has 0 saturated carbocycles. The Morgan fingerprint density at radius 2 is 1.00 bits per heavy atom. The summed E-state index contributed by atoms with van der Waals surface area (Å²) in [5.74, 6) is 3.02. The molecule has 0 spiro atoms. The average molecular weight is 857 g/mol. The summed E-state index contributed by atoms with van der Waals surface area (Å²) in [6, 6.07) is 17.7. The van der Waals surface area contributed by atoms with Gasteiger partial charge in [-0.1, -0.05) is 52.3 Å². The second-order valence-corrected chi connectivity index (χ2v) is 14.6. The van der Waals surface area contributed by atoms with Crippen molar-refractivity contribution in [3.63, 3.8) is 0 Å². The van der Waals surface area contributed by atoms with Crippen LogP contribution in [0.2, 0.25) is 20.4 Å². The molecule has 16 heteroatoms. The topological polar surface area (TPSA) is 102 Å². The second kappa shape index (κ2) is 17.0. The van der Waals surface area contributed by atoms with Gasteiger partial charge in [-0.25, -0.2) is 18.1 Å². The van der Waals surface area contributed by atoms with E-state index >= 15 is 0 Å². The highest BCUT2D eigenvalue weighted by atomic mass is 35.5. The van der Waals surface area contributed by atoms with Gasteiger partial charge in [0, 0.05) is 37.3 Å². The van der Waals surface area contributed by atoms with Crippen molar-refractivity contribution in [3.8, 4) is 69.1 Å². The Morgan fingerprint density at radius 1 is 0.614 bits per heavy atom. The van der Waals surface area contributed by atoms with Gasteiger partial charge in [0.15, 0.2) is 0 Å². The highest BCUT2D eigenvalue weighted by Crippen LogP contribution is 2.39. The number of rotatable bonds is 8. The van der Waals surface area contributed by atoms with Crippen LogP contribution >= 0.6 is 46.4 Å². The summed E-state index contributed by atoms with van der Waals surface area (Å²) in [6.45, 7) is 2.47. The van der Waals surface area contributed by atoms with Crippen molar-refractivity contribution in [2.45, 2.75) is 51.9 Å². The minimum absolute atomic E-state index is 0.0394. The molecular weight excluding hydrogens is 824 g/mol. The molecule has 4 aromatic carbocycles. The van der Waals surface area contributed by atoms with Gasteiger partial charge < -0.3 is 19.3 Å². The summed E-state index contributed by atoms with van der Waals surface area (Å²) in [4.78, 5) is 25.6. The van der Waals surface area contributed by atoms with E-state index in [1.54, 1.807) is 50.4 Å². The molecule has 0 saturated heterocycles. The maximum Gasteiger partial charge on any atom is 0.276 e. The molecule has 2 aromatic heterocycles. The number of ether oxygens (including phenoxy) is 3. The smallest absolute Gasteiger partial charge is 0.276 e. The molecular formula is C41H32Cl4F2N4O6. The normalized spacial score (nSPS) is 13.1. The zero-order valence-electron chi connectivity index (χ0n) is 29.9. The molecule has 10 nitrogen and oxygen atoms in total. The van der Waals surface area contributed by atoms with Gasteiger partial charge in [-0.2, -0.15) is 0 Å². The number of aromatic nitrogens is 4. The van der Waals surface area contributed by atoms with Crippen molar-refractivity contribution in [3.05, 3.63) is 125 Å². The van der Waals surface area contributed by atoms with Crippen LogP contribution in [0.3, 0.4) is 0 Å². The van der Waals surface area contributed by atoms with Crippen LogP contribution in [-0.2, 0) is 26.2 Å². The Bertz CT molecular complexity index is 2630. The average Bonchev–Trinajstić information content (AvgIpc) is 3.61. The molecule has 1 N–H and O–H groups in total. The fourth-order valence-electron chi connectivity index (χ4n) is 6.60. The first-order valence-corrected chi connectivity index (χ1v) is 19.2. The molecule has 8 rings (SSSR count). The van der Waals surface area contributed by atoms with Crippen LogP contribution in [0.4, 0.5) is 8.78 Å². The van der Waals surface area contributed by atoms with Gasteiger partial charge in [0.05, 0.1) is 21.2 Å². The van der Waals surface area contributed by atoms with Crippen LogP contribution in [0.5, 0.6) is 34.5 Å². The summed E-state index contributed by atoms with van der Waals surface area (Å²) in [5, 5.41) is 9.91. The maximum absolute atomic E-state index is 14.8. The van der Waals surface area contributed by atoms with Gasteiger partial charge in [0.1, 0.15) is 63.0 Å². The molecule has 294 valence electrons. The van der Waals surface area contributed by atoms with Crippen LogP contribution < -0.4 is 25.3 Å². The Morgan fingerprint density at radius 3 is 1.40 bits per heavy atom. The monoisotopic (exact) mass is 854 g/mol. The van der Waals surface area contributed by atoms with E-state index in [9.17, 15) is 23.5 Å².